The highest BCUT2D eigenvalue weighted by Gasteiger charge is 2.32. The smallest absolute Gasteiger partial charge is 0.283 e. The van der Waals surface area contributed by atoms with Gasteiger partial charge in [0.05, 0.1) is 18.6 Å². The Morgan fingerprint density at radius 1 is 1.25 bits per heavy atom. The topological polar surface area (TPSA) is 71.0 Å². The number of hydrogen-bond acceptors (Lipinski definition) is 5. The number of carbonyl (C=O) groups excluding carboxylic acids is 2. The van der Waals surface area contributed by atoms with Gasteiger partial charge in [0.2, 0.25) is 5.91 Å². The lowest BCUT2D eigenvalue weighted by atomic mass is 10.0. The molecule has 0 saturated heterocycles. The van der Waals surface area contributed by atoms with Crippen molar-refractivity contribution >= 4 is 40.5 Å². The quantitative estimate of drug-likeness (QED) is 0.472. The highest BCUT2D eigenvalue weighted by molar-refractivity contribution is 8.14. The van der Waals surface area contributed by atoms with E-state index in [1.807, 2.05) is 30.3 Å². The number of nitrogens with zero attached hydrogens (tertiary/aromatic N) is 2. The van der Waals surface area contributed by atoms with Crippen LogP contribution in [-0.2, 0) is 9.59 Å². The molecule has 1 aliphatic rings. The second kappa shape index (κ2) is 10.8. The molecule has 3 rings (SSSR count). The van der Waals surface area contributed by atoms with Crippen LogP contribution in [0.3, 0.4) is 0 Å². The van der Waals surface area contributed by atoms with Gasteiger partial charge in [-0.3, -0.25) is 14.5 Å². The summed E-state index contributed by atoms with van der Waals surface area (Å²) < 4.78 is 5.31. The predicted molar refractivity (Wildman–Crippen MR) is 132 cm³/mol. The number of amides is 2. The molecule has 2 aromatic rings. The third-order valence-corrected chi connectivity index (χ3v) is 5.76. The van der Waals surface area contributed by atoms with E-state index in [1.54, 1.807) is 25.3 Å². The average Bonchev–Trinajstić information content (AvgIpc) is 3.11. The first kappa shape index (κ1) is 23.3. The molecule has 2 aromatic carbocycles. The first-order chi connectivity index (χ1) is 15.4. The number of benzene rings is 2. The molecular weight excluding hydrogens is 422 g/mol. The molecule has 2 amide bonds. The van der Waals surface area contributed by atoms with Gasteiger partial charge in [0.25, 0.3) is 5.91 Å². The Morgan fingerprint density at radius 3 is 2.66 bits per heavy atom. The molecule has 1 N–H and O–H groups in total. The molecule has 0 saturated carbocycles. The zero-order valence-corrected chi connectivity index (χ0v) is 19.3. The maximum Gasteiger partial charge on any atom is 0.283 e. The van der Waals surface area contributed by atoms with Crippen molar-refractivity contribution in [1.82, 2.24) is 5.32 Å². The van der Waals surface area contributed by atoms with Crippen molar-refractivity contribution in [3.8, 4) is 5.75 Å². The third kappa shape index (κ3) is 5.68. The van der Waals surface area contributed by atoms with Gasteiger partial charge in [0.1, 0.15) is 11.4 Å². The Bertz CT molecular complexity index is 1060. The summed E-state index contributed by atoms with van der Waals surface area (Å²) in [5, 5.41) is 3.18. The minimum Gasteiger partial charge on any atom is -0.497 e. The van der Waals surface area contributed by atoms with E-state index in [1.165, 1.54) is 22.2 Å². The maximum absolute atomic E-state index is 13.3. The van der Waals surface area contributed by atoms with Crippen LogP contribution in [0, 0.1) is 0 Å². The van der Waals surface area contributed by atoms with Gasteiger partial charge in [0, 0.05) is 12.6 Å². The van der Waals surface area contributed by atoms with E-state index in [2.05, 4.69) is 42.9 Å². The zero-order chi connectivity index (χ0) is 23.1. The number of aliphatic imine (C=N–C) groups is 1. The second-order valence-corrected chi connectivity index (χ2v) is 8.41. The molecule has 0 aromatic heterocycles. The predicted octanol–water partition coefficient (Wildman–Crippen LogP) is 4.60. The lowest BCUT2D eigenvalue weighted by Crippen LogP contribution is -2.32. The Labute approximate surface area is 193 Å². The lowest BCUT2D eigenvalue weighted by molar-refractivity contribution is -0.118. The zero-order valence-electron chi connectivity index (χ0n) is 18.5. The van der Waals surface area contributed by atoms with Crippen LogP contribution in [0.1, 0.15) is 30.9 Å². The summed E-state index contributed by atoms with van der Waals surface area (Å²) in [5.41, 5.74) is 3.07. The van der Waals surface area contributed by atoms with E-state index in [0.717, 1.165) is 5.56 Å². The third-order valence-electron chi connectivity index (χ3n) is 4.82. The number of methoxy groups -OCH3 is 1. The molecule has 0 bridgehead atoms. The summed E-state index contributed by atoms with van der Waals surface area (Å²) in [6.45, 7) is 8.26. The highest BCUT2D eigenvalue weighted by Crippen LogP contribution is 2.31. The van der Waals surface area contributed by atoms with Crippen LogP contribution in [0.5, 0.6) is 5.75 Å². The van der Waals surface area contributed by atoms with Gasteiger partial charge < -0.3 is 10.1 Å². The van der Waals surface area contributed by atoms with E-state index in [9.17, 15) is 9.59 Å². The van der Waals surface area contributed by atoms with Crippen molar-refractivity contribution in [3.05, 3.63) is 78.0 Å². The van der Waals surface area contributed by atoms with Crippen LogP contribution in [0.2, 0.25) is 0 Å². The average molecular weight is 450 g/mol. The van der Waals surface area contributed by atoms with E-state index in [4.69, 9.17) is 4.74 Å². The fraction of sp³-hybridized carbons (Fsp3) is 0.240. The molecule has 0 radical (unpaired) electrons. The Hall–Kier alpha value is -3.32. The Kier molecular flexibility index (Phi) is 7.89. The Morgan fingerprint density at radius 2 is 2.00 bits per heavy atom. The Balaban J connectivity index is 1.90. The first-order valence-electron chi connectivity index (χ1n) is 10.3. The molecule has 7 heteroatoms. The standard InChI is InChI=1S/C25H27N3O3S/c1-5-13-26-23(29)16-32-25-27-22(14-18-9-11-19(12-10-18)17(2)3)24(30)28(25)20-7-6-8-21(15-20)31-4/h5-12,14-15,17H,1,13,16H2,2-4H3,(H,26,29)/b22-14+. The number of amidine groups is 1. The van der Waals surface area contributed by atoms with Gasteiger partial charge in [0.15, 0.2) is 5.17 Å². The number of ether oxygens (including phenoxy) is 1. The van der Waals surface area contributed by atoms with Crippen LogP contribution in [0.4, 0.5) is 5.69 Å². The minimum absolute atomic E-state index is 0.136. The van der Waals surface area contributed by atoms with E-state index in [0.29, 0.717) is 34.8 Å². The molecule has 0 fully saturated rings. The van der Waals surface area contributed by atoms with Crippen molar-refractivity contribution in [2.24, 2.45) is 4.99 Å². The minimum atomic E-state index is -0.250. The van der Waals surface area contributed by atoms with Gasteiger partial charge in [-0.1, -0.05) is 62.0 Å². The molecule has 0 spiro atoms. The number of rotatable bonds is 8. The van der Waals surface area contributed by atoms with Gasteiger partial charge in [-0.15, -0.1) is 6.58 Å². The van der Waals surface area contributed by atoms with E-state index >= 15 is 0 Å². The van der Waals surface area contributed by atoms with Crippen LogP contribution in [-0.4, -0.2) is 36.4 Å². The van der Waals surface area contributed by atoms with Crippen molar-refractivity contribution in [2.75, 3.05) is 24.3 Å². The monoisotopic (exact) mass is 449 g/mol. The maximum atomic E-state index is 13.3. The van der Waals surface area contributed by atoms with Gasteiger partial charge in [-0.2, -0.15) is 0 Å². The van der Waals surface area contributed by atoms with Crippen LogP contribution >= 0.6 is 11.8 Å². The van der Waals surface area contributed by atoms with Gasteiger partial charge in [-0.25, -0.2) is 4.99 Å². The second-order valence-electron chi connectivity index (χ2n) is 7.47. The number of carbonyl (C=O) groups is 2. The molecule has 1 aliphatic heterocycles. The molecule has 6 nitrogen and oxygen atoms in total. The number of nitrogens with one attached hydrogen (secondary N) is 1. The molecular formula is C25H27N3O3S. The fourth-order valence-corrected chi connectivity index (χ4v) is 3.92. The summed E-state index contributed by atoms with van der Waals surface area (Å²) in [6, 6.07) is 15.3. The van der Waals surface area contributed by atoms with Crippen LogP contribution < -0.4 is 15.0 Å². The molecule has 166 valence electrons. The van der Waals surface area contributed by atoms with Crippen LogP contribution in [0.25, 0.3) is 6.08 Å². The molecule has 32 heavy (non-hydrogen) atoms. The fourth-order valence-electron chi connectivity index (χ4n) is 3.07. The summed E-state index contributed by atoms with van der Waals surface area (Å²) >= 11 is 1.21. The largest absolute Gasteiger partial charge is 0.497 e. The van der Waals surface area contributed by atoms with Crippen molar-refractivity contribution < 1.29 is 14.3 Å². The number of thioether (sulfide) groups is 1. The van der Waals surface area contributed by atoms with Gasteiger partial charge >= 0.3 is 0 Å². The summed E-state index contributed by atoms with van der Waals surface area (Å²) in [5.74, 6) is 0.792. The first-order valence-corrected chi connectivity index (χ1v) is 11.3. The van der Waals surface area contributed by atoms with Crippen molar-refractivity contribution in [3.63, 3.8) is 0 Å². The molecule has 1 heterocycles. The number of anilines is 1. The summed E-state index contributed by atoms with van der Waals surface area (Å²) in [4.78, 5) is 31.4. The lowest BCUT2D eigenvalue weighted by Gasteiger charge is -2.18. The van der Waals surface area contributed by atoms with Crippen LogP contribution in [0.15, 0.2) is 71.9 Å². The molecule has 0 atom stereocenters. The number of hydrogen-bond donors (Lipinski definition) is 1. The molecule has 0 unspecified atom stereocenters. The summed E-state index contributed by atoms with van der Waals surface area (Å²) in [7, 11) is 1.57. The molecule has 0 aliphatic carbocycles. The highest BCUT2D eigenvalue weighted by atomic mass is 32.2. The van der Waals surface area contributed by atoms with E-state index in [-0.39, 0.29) is 17.6 Å². The SMILES string of the molecule is C=CCNC(=O)CSC1=N/C(=C/c2ccc(C(C)C)cc2)C(=O)N1c1cccc(OC)c1. The summed E-state index contributed by atoms with van der Waals surface area (Å²) in [6.07, 6.45) is 3.39. The normalized spacial score (nSPS) is 14.6. The van der Waals surface area contributed by atoms with Crippen molar-refractivity contribution in [1.29, 1.82) is 0 Å². The van der Waals surface area contributed by atoms with Crippen molar-refractivity contribution in [2.45, 2.75) is 19.8 Å². The van der Waals surface area contributed by atoms with E-state index < -0.39 is 0 Å². The van der Waals surface area contributed by atoms with Gasteiger partial charge in [-0.05, 0) is 35.3 Å².